The third-order valence-electron chi connectivity index (χ3n) is 4.10. The summed E-state index contributed by atoms with van der Waals surface area (Å²) in [5, 5.41) is 5.24. The smallest absolute Gasteiger partial charge is 0.230 e. The van der Waals surface area contributed by atoms with Crippen molar-refractivity contribution in [1.82, 2.24) is 10.3 Å². The number of thioether (sulfide) groups is 1. The summed E-state index contributed by atoms with van der Waals surface area (Å²) in [6, 6.07) is 10.5. The van der Waals surface area contributed by atoms with Crippen molar-refractivity contribution < 1.29 is 4.79 Å². The highest BCUT2D eigenvalue weighted by atomic mass is 32.2. The summed E-state index contributed by atoms with van der Waals surface area (Å²) < 4.78 is 0.958. The first kappa shape index (κ1) is 16.5. The molecule has 1 amide bonds. The Morgan fingerprint density at radius 1 is 1.17 bits per heavy atom. The van der Waals surface area contributed by atoms with Gasteiger partial charge in [-0.2, -0.15) is 0 Å². The molecule has 5 heteroatoms. The number of aromatic nitrogens is 1. The van der Waals surface area contributed by atoms with Crippen LogP contribution in [0.1, 0.15) is 38.5 Å². The third-order valence-corrected chi connectivity index (χ3v) is 6.12. The molecule has 0 aliphatic heterocycles. The molecule has 0 unspecified atom stereocenters. The molecule has 1 aliphatic carbocycles. The number of thiazole rings is 1. The van der Waals surface area contributed by atoms with Gasteiger partial charge in [0.15, 0.2) is 4.34 Å². The predicted molar refractivity (Wildman–Crippen MR) is 97.9 cm³/mol. The molecule has 1 aromatic heterocycles. The quantitative estimate of drug-likeness (QED) is 0.628. The number of amides is 1. The van der Waals surface area contributed by atoms with Gasteiger partial charge >= 0.3 is 0 Å². The van der Waals surface area contributed by atoms with Gasteiger partial charge < -0.3 is 5.32 Å². The molecule has 1 N–H and O–H groups in total. The Morgan fingerprint density at radius 3 is 2.65 bits per heavy atom. The zero-order valence-electron chi connectivity index (χ0n) is 13.2. The van der Waals surface area contributed by atoms with Crippen LogP contribution in [0, 0.1) is 0 Å². The van der Waals surface area contributed by atoms with Crippen molar-refractivity contribution >= 4 is 29.0 Å². The maximum atomic E-state index is 12.1. The van der Waals surface area contributed by atoms with Gasteiger partial charge in [0.25, 0.3) is 0 Å². The van der Waals surface area contributed by atoms with Crippen LogP contribution in [0.25, 0.3) is 11.3 Å². The molecule has 2 aromatic rings. The number of rotatable bonds is 5. The molecule has 0 bridgehead atoms. The van der Waals surface area contributed by atoms with Crippen LogP contribution in [0.5, 0.6) is 0 Å². The van der Waals surface area contributed by atoms with Crippen molar-refractivity contribution in [2.24, 2.45) is 0 Å². The zero-order valence-corrected chi connectivity index (χ0v) is 14.8. The molecule has 23 heavy (non-hydrogen) atoms. The first-order valence-electron chi connectivity index (χ1n) is 8.24. The second-order valence-electron chi connectivity index (χ2n) is 5.91. The van der Waals surface area contributed by atoms with Crippen LogP contribution in [-0.4, -0.2) is 22.7 Å². The van der Waals surface area contributed by atoms with Crippen molar-refractivity contribution in [2.45, 2.75) is 48.9 Å². The lowest BCUT2D eigenvalue weighted by Crippen LogP contribution is -2.35. The summed E-state index contributed by atoms with van der Waals surface area (Å²) in [6.07, 6.45) is 7.36. The highest BCUT2D eigenvalue weighted by molar-refractivity contribution is 8.01. The van der Waals surface area contributed by atoms with Crippen molar-refractivity contribution in [1.29, 1.82) is 0 Å². The van der Waals surface area contributed by atoms with E-state index in [1.807, 2.05) is 18.2 Å². The van der Waals surface area contributed by atoms with E-state index in [9.17, 15) is 4.79 Å². The number of carbonyl (C=O) groups excluding carboxylic acids is 1. The first-order chi connectivity index (χ1) is 11.3. The highest BCUT2D eigenvalue weighted by Gasteiger charge is 2.15. The van der Waals surface area contributed by atoms with Crippen LogP contribution in [-0.2, 0) is 4.79 Å². The van der Waals surface area contributed by atoms with E-state index in [0.29, 0.717) is 11.8 Å². The van der Waals surface area contributed by atoms with Crippen LogP contribution in [0.3, 0.4) is 0 Å². The second-order valence-corrected chi connectivity index (χ2v) is 7.99. The predicted octanol–water partition coefficient (Wildman–Crippen LogP) is 4.74. The average molecular weight is 347 g/mol. The van der Waals surface area contributed by atoms with E-state index < -0.39 is 0 Å². The summed E-state index contributed by atoms with van der Waals surface area (Å²) in [6.45, 7) is 0. The lowest BCUT2D eigenvalue weighted by Gasteiger charge is -2.15. The minimum Gasteiger partial charge on any atom is -0.353 e. The molecule has 0 saturated heterocycles. The number of nitrogens with one attached hydrogen (secondary N) is 1. The van der Waals surface area contributed by atoms with Gasteiger partial charge in [-0.15, -0.1) is 11.3 Å². The Labute approximate surface area is 145 Å². The molecular weight excluding hydrogens is 324 g/mol. The van der Waals surface area contributed by atoms with E-state index in [1.54, 1.807) is 11.3 Å². The number of hydrogen-bond acceptors (Lipinski definition) is 4. The number of carbonyl (C=O) groups is 1. The monoisotopic (exact) mass is 346 g/mol. The van der Waals surface area contributed by atoms with E-state index in [4.69, 9.17) is 0 Å². The van der Waals surface area contributed by atoms with Gasteiger partial charge in [-0.3, -0.25) is 4.79 Å². The van der Waals surface area contributed by atoms with Gasteiger partial charge in [0.05, 0.1) is 11.4 Å². The fourth-order valence-electron chi connectivity index (χ4n) is 2.89. The topological polar surface area (TPSA) is 42.0 Å². The highest BCUT2D eigenvalue weighted by Crippen LogP contribution is 2.28. The van der Waals surface area contributed by atoms with Crippen LogP contribution in [0.2, 0.25) is 0 Å². The van der Waals surface area contributed by atoms with Crippen LogP contribution < -0.4 is 5.32 Å². The molecule has 122 valence electrons. The number of nitrogens with zero attached hydrogens (tertiary/aromatic N) is 1. The molecular formula is C18H22N2OS2. The van der Waals surface area contributed by atoms with Gasteiger partial charge in [-0.05, 0) is 12.8 Å². The maximum absolute atomic E-state index is 12.1. The summed E-state index contributed by atoms with van der Waals surface area (Å²) in [5.41, 5.74) is 2.11. The fourth-order valence-corrected chi connectivity index (χ4v) is 4.53. The van der Waals surface area contributed by atoms with E-state index in [-0.39, 0.29) is 5.91 Å². The average Bonchev–Trinajstić information content (AvgIpc) is 2.91. The first-order valence-corrected chi connectivity index (χ1v) is 10.1. The lowest BCUT2D eigenvalue weighted by molar-refractivity contribution is -0.119. The lowest BCUT2D eigenvalue weighted by atomic mass is 10.1. The minimum atomic E-state index is 0.137. The normalized spacial score (nSPS) is 16.0. The van der Waals surface area contributed by atoms with Gasteiger partial charge in [-0.1, -0.05) is 67.8 Å². The van der Waals surface area contributed by atoms with Crippen molar-refractivity contribution in [3.05, 3.63) is 35.7 Å². The van der Waals surface area contributed by atoms with Gasteiger partial charge in [-0.25, -0.2) is 4.98 Å². The Morgan fingerprint density at radius 2 is 1.91 bits per heavy atom. The van der Waals surface area contributed by atoms with Crippen LogP contribution in [0.15, 0.2) is 40.1 Å². The van der Waals surface area contributed by atoms with Crippen molar-refractivity contribution in [3.63, 3.8) is 0 Å². The largest absolute Gasteiger partial charge is 0.353 e. The van der Waals surface area contributed by atoms with Gasteiger partial charge in [0.2, 0.25) is 5.91 Å². The van der Waals surface area contributed by atoms with E-state index in [1.165, 1.54) is 37.4 Å². The Bertz CT molecular complexity index is 619. The summed E-state index contributed by atoms with van der Waals surface area (Å²) in [7, 11) is 0. The SMILES string of the molecule is O=C(CSc1nc(-c2ccccc2)cs1)NC1CCCCCC1. The molecule has 3 nitrogen and oxygen atoms in total. The summed E-state index contributed by atoms with van der Waals surface area (Å²) in [4.78, 5) is 16.7. The second kappa shape index (κ2) is 8.50. The Kier molecular flexibility index (Phi) is 6.11. The van der Waals surface area contributed by atoms with Crippen molar-refractivity contribution in [3.8, 4) is 11.3 Å². The molecule has 1 heterocycles. The minimum absolute atomic E-state index is 0.137. The Hall–Kier alpha value is -1.33. The van der Waals surface area contributed by atoms with Crippen molar-refractivity contribution in [2.75, 3.05) is 5.75 Å². The molecule has 0 spiro atoms. The fraction of sp³-hybridized carbons (Fsp3) is 0.444. The van der Waals surface area contributed by atoms with Crippen LogP contribution in [0.4, 0.5) is 0 Å². The molecule has 0 atom stereocenters. The number of hydrogen-bond donors (Lipinski definition) is 1. The molecule has 3 rings (SSSR count). The molecule has 0 radical (unpaired) electrons. The van der Waals surface area contributed by atoms with Gasteiger partial charge in [0.1, 0.15) is 0 Å². The van der Waals surface area contributed by atoms with Crippen LogP contribution >= 0.6 is 23.1 Å². The molecule has 1 saturated carbocycles. The Balaban J connectivity index is 1.48. The molecule has 1 fully saturated rings. The van der Waals surface area contributed by atoms with E-state index in [0.717, 1.165) is 28.4 Å². The third kappa shape index (κ3) is 5.08. The molecule has 1 aliphatic rings. The standard InChI is InChI=1S/C18H22N2OS2/c21-17(19-15-10-6-1-2-7-11-15)13-23-18-20-16(12-22-18)14-8-4-3-5-9-14/h3-5,8-9,12,15H,1-2,6-7,10-11,13H2,(H,19,21). The van der Waals surface area contributed by atoms with E-state index in [2.05, 4.69) is 27.8 Å². The maximum Gasteiger partial charge on any atom is 0.230 e. The van der Waals surface area contributed by atoms with Gasteiger partial charge in [0, 0.05) is 17.0 Å². The number of benzene rings is 1. The summed E-state index contributed by atoms with van der Waals surface area (Å²) >= 11 is 3.14. The summed E-state index contributed by atoms with van der Waals surface area (Å²) in [5.74, 6) is 0.594. The molecule has 1 aromatic carbocycles. The van der Waals surface area contributed by atoms with E-state index >= 15 is 0 Å². The zero-order chi connectivity index (χ0) is 15.9.